The quantitative estimate of drug-likeness (QED) is 0.710. The van der Waals surface area contributed by atoms with E-state index in [4.69, 9.17) is 10.5 Å². The van der Waals surface area contributed by atoms with E-state index >= 15 is 0 Å². The molecule has 3 rings (SSSR count). The number of esters is 1. The number of rotatable bonds is 6. The number of primary amides is 1. The molecule has 2 aliphatic rings. The van der Waals surface area contributed by atoms with E-state index in [1.54, 1.807) is 10.3 Å². The fraction of sp³-hybridized carbons (Fsp3) is 0.556. The van der Waals surface area contributed by atoms with Crippen molar-refractivity contribution in [1.29, 1.82) is 0 Å². The molecular formula is C18H23N3O5S. The first-order valence-corrected chi connectivity index (χ1v) is 9.93. The van der Waals surface area contributed by atoms with Gasteiger partial charge in [0.2, 0.25) is 5.91 Å². The van der Waals surface area contributed by atoms with E-state index in [-0.39, 0.29) is 23.9 Å². The zero-order valence-corrected chi connectivity index (χ0v) is 15.9. The van der Waals surface area contributed by atoms with Crippen molar-refractivity contribution in [2.45, 2.75) is 51.2 Å². The van der Waals surface area contributed by atoms with E-state index in [0.717, 1.165) is 37.0 Å². The minimum Gasteiger partial charge on any atom is -0.452 e. The molecule has 1 saturated heterocycles. The number of thiophene rings is 1. The molecule has 27 heavy (non-hydrogen) atoms. The Balaban J connectivity index is 1.54. The lowest BCUT2D eigenvalue weighted by Crippen LogP contribution is -2.36. The van der Waals surface area contributed by atoms with Gasteiger partial charge in [-0.05, 0) is 31.2 Å². The monoisotopic (exact) mass is 393 g/mol. The molecule has 2 atom stereocenters. The van der Waals surface area contributed by atoms with Crippen molar-refractivity contribution in [2.75, 3.05) is 11.9 Å². The smallest absolute Gasteiger partial charge is 0.312 e. The Kier molecular flexibility index (Phi) is 5.79. The summed E-state index contributed by atoms with van der Waals surface area (Å²) in [6, 6.07) is 1.74. The molecule has 8 nitrogen and oxygen atoms in total. The maximum Gasteiger partial charge on any atom is 0.312 e. The minimum absolute atomic E-state index is 0.0226. The number of nitrogens with one attached hydrogen (secondary N) is 1. The lowest BCUT2D eigenvalue weighted by molar-refractivity contribution is -0.157. The van der Waals surface area contributed by atoms with Gasteiger partial charge < -0.3 is 20.7 Å². The second-order valence-electron chi connectivity index (χ2n) is 6.98. The van der Waals surface area contributed by atoms with Crippen molar-refractivity contribution in [1.82, 2.24) is 4.90 Å². The molecule has 2 fully saturated rings. The minimum atomic E-state index is -1.05. The van der Waals surface area contributed by atoms with Crippen LogP contribution in [-0.2, 0) is 19.1 Å². The molecule has 0 unspecified atom stereocenters. The van der Waals surface area contributed by atoms with Crippen LogP contribution in [0.5, 0.6) is 0 Å². The number of amides is 3. The maximum atomic E-state index is 12.4. The van der Waals surface area contributed by atoms with Crippen molar-refractivity contribution in [3.63, 3.8) is 0 Å². The van der Waals surface area contributed by atoms with Gasteiger partial charge >= 0.3 is 5.97 Å². The van der Waals surface area contributed by atoms with Gasteiger partial charge in [0.25, 0.3) is 11.8 Å². The molecule has 0 spiro atoms. The summed E-state index contributed by atoms with van der Waals surface area (Å²) in [6.07, 6.45) is 3.26. The van der Waals surface area contributed by atoms with Crippen molar-refractivity contribution in [3.05, 3.63) is 17.0 Å². The average Bonchev–Trinajstić information content (AvgIpc) is 3.34. The SMILES string of the molecule is C[C@@H](OC(=O)[C@H]1CC(=O)N(C2CCCC2)C1)C(=O)Nc1sccc1C(N)=O. The Hall–Kier alpha value is -2.42. The normalized spacial score (nSPS) is 21.3. The number of carbonyl (C=O) groups excluding carboxylic acids is 4. The van der Waals surface area contributed by atoms with Crippen molar-refractivity contribution in [3.8, 4) is 0 Å². The molecule has 1 aliphatic carbocycles. The number of ether oxygens (including phenoxy) is 1. The van der Waals surface area contributed by atoms with Crippen molar-refractivity contribution < 1.29 is 23.9 Å². The molecule has 1 aliphatic heterocycles. The highest BCUT2D eigenvalue weighted by Gasteiger charge is 2.40. The Morgan fingerprint density at radius 1 is 1.33 bits per heavy atom. The van der Waals surface area contributed by atoms with Crippen LogP contribution in [0.4, 0.5) is 5.00 Å². The second kappa shape index (κ2) is 8.08. The molecule has 0 aromatic carbocycles. The van der Waals surface area contributed by atoms with E-state index in [2.05, 4.69) is 5.32 Å². The molecule has 146 valence electrons. The number of nitrogens with zero attached hydrogens (tertiary/aromatic N) is 1. The molecule has 1 aromatic rings. The number of hydrogen-bond donors (Lipinski definition) is 2. The first-order valence-electron chi connectivity index (χ1n) is 9.05. The van der Waals surface area contributed by atoms with Crippen LogP contribution in [-0.4, -0.2) is 47.3 Å². The summed E-state index contributed by atoms with van der Waals surface area (Å²) in [5.74, 6) is -2.31. The predicted molar refractivity (Wildman–Crippen MR) is 99.1 cm³/mol. The first-order chi connectivity index (χ1) is 12.9. The van der Waals surface area contributed by atoms with Crippen LogP contribution < -0.4 is 11.1 Å². The Morgan fingerprint density at radius 3 is 2.70 bits per heavy atom. The Labute approximate surface area is 161 Å². The highest BCUT2D eigenvalue weighted by molar-refractivity contribution is 7.14. The van der Waals surface area contributed by atoms with E-state index in [9.17, 15) is 19.2 Å². The number of nitrogens with two attached hydrogens (primary N) is 1. The first kappa shape index (κ1) is 19.3. The predicted octanol–water partition coefficient (Wildman–Crippen LogP) is 1.51. The van der Waals surface area contributed by atoms with Gasteiger partial charge in [-0.2, -0.15) is 0 Å². The van der Waals surface area contributed by atoms with Gasteiger partial charge in [-0.1, -0.05) is 12.8 Å². The fourth-order valence-corrected chi connectivity index (χ4v) is 4.39. The van der Waals surface area contributed by atoms with E-state index in [0.29, 0.717) is 11.5 Å². The van der Waals surface area contributed by atoms with E-state index in [1.165, 1.54) is 13.0 Å². The standard InChI is InChI=1S/C18H23N3O5S/c1-10(16(24)20-17-13(15(19)23)6-7-27-17)26-18(25)11-8-14(22)21(9-11)12-4-2-3-5-12/h6-7,10-12H,2-5,8-9H2,1H3,(H2,19,23)(H,20,24)/t10-,11+/m1/s1. The number of likely N-dealkylation sites (tertiary alicyclic amines) is 1. The van der Waals surface area contributed by atoms with E-state index < -0.39 is 29.8 Å². The zero-order chi connectivity index (χ0) is 19.6. The third-order valence-corrected chi connectivity index (χ3v) is 5.92. The van der Waals surface area contributed by atoms with Gasteiger partial charge in [0.1, 0.15) is 5.00 Å². The maximum absolute atomic E-state index is 12.4. The van der Waals surface area contributed by atoms with Crippen LogP contribution >= 0.6 is 11.3 Å². The number of anilines is 1. The molecule has 2 heterocycles. The summed E-state index contributed by atoms with van der Waals surface area (Å²) >= 11 is 1.16. The summed E-state index contributed by atoms with van der Waals surface area (Å²) in [5.41, 5.74) is 5.46. The molecule has 1 aromatic heterocycles. The van der Waals surface area contributed by atoms with Gasteiger partial charge in [0.15, 0.2) is 6.10 Å². The summed E-state index contributed by atoms with van der Waals surface area (Å²) in [6.45, 7) is 1.81. The lowest BCUT2D eigenvalue weighted by atomic mass is 10.1. The van der Waals surface area contributed by atoms with Gasteiger partial charge in [-0.15, -0.1) is 11.3 Å². The molecule has 3 N–H and O–H groups in total. The molecule has 3 amide bonds. The van der Waals surface area contributed by atoms with Crippen molar-refractivity contribution >= 4 is 40.0 Å². The highest BCUT2D eigenvalue weighted by Crippen LogP contribution is 2.30. The topological polar surface area (TPSA) is 119 Å². The number of carbonyl (C=O) groups is 4. The van der Waals surface area contributed by atoms with Gasteiger partial charge in [-0.3, -0.25) is 19.2 Å². The summed E-state index contributed by atoms with van der Waals surface area (Å²) in [4.78, 5) is 50.0. The summed E-state index contributed by atoms with van der Waals surface area (Å²) in [7, 11) is 0. The fourth-order valence-electron chi connectivity index (χ4n) is 3.60. The van der Waals surface area contributed by atoms with Gasteiger partial charge in [-0.25, -0.2) is 0 Å². The molecule has 9 heteroatoms. The molecule has 0 radical (unpaired) electrons. The Morgan fingerprint density at radius 2 is 2.04 bits per heavy atom. The van der Waals surface area contributed by atoms with Gasteiger partial charge in [0.05, 0.1) is 11.5 Å². The third-order valence-electron chi connectivity index (χ3n) is 5.09. The van der Waals surface area contributed by atoms with Gasteiger partial charge in [0, 0.05) is 19.0 Å². The van der Waals surface area contributed by atoms with Crippen LogP contribution in [0.1, 0.15) is 49.4 Å². The van der Waals surface area contributed by atoms with Crippen LogP contribution in [0.3, 0.4) is 0 Å². The molecule has 1 saturated carbocycles. The average molecular weight is 393 g/mol. The van der Waals surface area contributed by atoms with E-state index in [1.807, 2.05) is 0 Å². The molecular weight excluding hydrogens is 370 g/mol. The van der Waals surface area contributed by atoms with Crippen LogP contribution in [0.2, 0.25) is 0 Å². The Bertz CT molecular complexity index is 756. The lowest BCUT2D eigenvalue weighted by Gasteiger charge is -2.24. The molecule has 0 bridgehead atoms. The van der Waals surface area contributed by atoms with Crippen LogP contribution in [0.15, 0.2) is 11.4 Å². The van der Waals surface area contributed by atoms with Crippen LogP contribution in [0.25, 0.3) is 0 Å². The zero-order valence-electron chi connectivity index (χ0n) is 15.1. The largest absolute Gasteiger partial charge is 0.452 e. The van der Waals surface area contributed by atoms with Crippen LogP contribution in [0, 0.1) is 5.92 Å². The highest BCUT2D eigenvalue weighted by atomic mass is 32.1. The third kappa shape index (κ3) is 4.29. The summed E-state index contributed by atoms with van der Waals surface area (Å²) < 4.78 is 5.26. The second-order valence-corrected chi connectivity index (χ2v) is 7.90. The van der Waals surface area contributed by atoms with Crippen molar-refractivity contribution in [2.24, 2.45) is 11.7 Å². The number of hydrogen-bond acceptors (Lipinski definition) is 6. The summed E-state index contributed by atoms with van der Waals surface area (Å²) in [5, 5.41) is 4.51.